The Balaban J connectivity index is 2.03. The molecule has 2 rings (SSSR count). The van der Waals surface area contributed by atoms with Crippen molar-refractivity contribution in [2.45, 2.75) is 11.3 Å². The van der Waals surface area contributed by atoms with Crippen LogP contribution in [0, 0.1) is 5.82 Å². The van der Waals surface area contributed by atoms with Crippen molar-refractivity contribution in [2.75, 3.05) is 11.5 Å². The normalized spacial score (nSPS) is 12.3. The quantitative estimate of drug-likeness (QED) is 0.862. The van der Waals surface area contributed by atoms with E-state index in [9.17, 15) is 8.60 Å². The van der Waals surface area contributed by atoms with Gasteiger partial charge in [0.25, 0.3) is 0 Å². The van der Waals surface area contributed by atoms with Crippen molar-refractivity contribution in [3.63, 3.8) is 0 Å². The molecule has 0 saturated carbocycles. The monoisotopic (exact) mass is 263 g/mol. The fourth-order valence-corrected chi connectivity index (χ4v) is 2.81. The summed E-state index contributed by atoms with van der Waals surface area (Å²) in [6, 6.07) is 13.4. The molecule has 0 saturated heterocycles. The van der Waals surface area contributed by atoms with E-state index < -0.39 is 10.8 Å². The number of nitrogen functional groups attached to an aromatic ring is 1. The van der Waals surface area contributed by atoms with Gasteiger partial charge < -0.3 is 5.73 Å². The molecule has 0 aliphatic heterocycles. The molecule has 94 valence electrons. The molecular formula is C14H14FNOS. The van der Waals surface area contributed by atoms with Crippen molar-refractivity contribution >= 4 is 16.5 Å². The molecule has 0 amide bonds. The van der Waals surface area contributed by atoms with Gasteiger partial charge in [0.1, 0.15) is 5.82 Å². The molecule has 4 heteroatoms. The Kier molecular flexibility index (Phi) is 4.10. The predicted octanol–water partition coefficient (Wildman–Crippen LogP) is 2.76. The maximum atomic E-state index is 13.0. The van der Waals surface area contributed by atoms with Crippen molar-refractivity contribution in [3.05, 3.63) is 59.9 Å². The lowest BCUT2D eigenvalue weighted by atomic mass is 10.1. The molecule has 0 aromatic heterocycles. The Labute approximate surface area is 108 Å². The van der Waals surface area contributed by atoms with Gasteiger partial charge in [0.15, 0.2) is 0 Å². The van der Waals surface area contributed by atoms with E-state index in [2.05, 4.69) is 0 Å². The largest absolute Gasteiger partial charge is 0.399 e. The second kappa shape index (κ2) is 5.78. The number of halogens is 1. The van der Waals surface area contributed by atoms with Crippen LogP contribution >= 0.6 is 0 Å². The van der Waals surface area contributed by atoms with Crippen LogP contribution in [0.15, 0.2) is 53.4 Å². The van der Waals surface area contributed by atoms with Gasteiger partial charge in [0.05, 0.1) is 10.8 Å². The van der Waals surface area contributed by atoms with Crippen molar-refractivity contribution < 1.29 is 8.60 Å². The minimum atomic E-state index is -1.20. The Hall–Kier alpha value is -1.68. The average Bonchev–Trinajstić information content (AvgIpc) is 2.37. The third-order valence-corrected chi connectivity index (χ3v) is 4.03. The van der Waals surface area contributed by atoms with Crippen molar-refractivity contribution in [2.24, 2.45) is 0 Å². The number of aryl methyl sites for hydroxylation is 1. The lowest BCUT2D eigenvalue weighted by Crippen LogP contribution is -2.04. The first-order valence-corrected chi connectivity index (χ1v) is 6.96. The highest BCUT2D eigenvalue weighted by Gasteiger charge is 2.06. The summed E-state index contributed by atoms with van der Waals surface area (Å²) in [5.74, 6) is 0.0811. The van der Waals surface area contributed by atoms with Crippen molar-refractivity contribution in [3.8, 4) is 0 Å². The molecule has 0 spiro atoms. The van der Waals surface area contributed by atoms with Crippen LogP contribution in [0.4, 0.5) is 10.1 Å². The summed E-state index contributed by atoms with van der Waals surface area (Å²) < 4.78 is 25.0. The number of hydrogen-bond acceptors (Lipinski definition) is 2. The molecule has 0 aliphatic carbocycles. The van der Waals surface area contributed by atoms with E-state index in [-0.39, 0.29) is 5.82 Å². The van der Waals surface area contributed by atoms with E-state index in [0.29, 0.717) is 22.8 Å². The summed E-state index contributed by atoms with van der Waals surface area (Å²) in [5.41, 5.74) is 7.49. The number of anilines is 1. The van der Waals surface area contributed by atoms with Gasteiger partial charge in [-0.05, 0) is 36.2 Å². The molecule has 0 heterocycles. The fraction of sp³-hybridized carbons (Fsp3) is 0.143. The SMILES string of the molecule is Nc1ccccc1CCS(=O)c1cccc(F)c1. The predicted molar refractivity (Wildman–Crippen MR) is 72.2 cm³/mol. The molecule has 0 aliphatic rings. The van der Waals surface area contributed by atoms with Crippen LogP contribution in [0.2, 0.25) is 0 Å². The third kappa shape index (κ3) is 3.17. The molecule has 2 N–H and O–H groups in total. The highest BCUT2D eigenvalue weighted by Crippen LogP contribution is 2.14. The number of nitrogens with two attached hydrogens (primary N) is 1. The molecule has 2 aromatic rings. The first-order chi connectivity index (χ1) is 8.66. The second-order valence-corrected chi connectivity index (χ2v) is 5.53. The van der Waals surface area contributed by atoms with Crippen LogP contribution < -0.4 is 5.73 Å². The van der Waals surface area contributed by atoms with Gasteiger partial charge in [0, 0.05) is 16.3 Å². The van der Waals surface area contributed by atoms with Gasteiger partial charge in [-0.25, -0.2) is 4.39 Å². The van der Waals surface area contributed by atoms with E-state index in [1.165, 1.54) is 12.1 Å². The highest BCUT2D eigenvalue weighted by molar-refractivity contribution is 7.85. The first kappa shape index (κ1) is 12.8. The third-order valence-electron chi connectivity index (χ3n) is 2.67. The van der Waals surface area contributed by atoms with E-state index >= 15 is 0 Å². The fourth-order valence-electron chi connectivity index (χ4n) is 1.69. The van der Waals surface area contributed by atoms with E-state index in [1.807, 2.05) is 24.3 Å². The summed E-state index contributed by atoms with van der Waals surface area (Å²) in [5, 5.41) is 0. The van der Waals surface area contributed by atoms with E-state index in [0.717, 1.165) is 5.56 Å². The van der Waals surface area contributed by atoms with Gasteiger partial charge >= 0.3 is 0 Å². The lowest BCUT2D eigenvalue weighted by molar-refractivity contribution is 0.622. The van der Waals surface area contributed by atoms with Gasteiger partial charge in [0.2, 0.25) is 0 Å². The minimum absolute atomic E-state index is 0.361. The van der Waals surface area contributed by atoms with Crippen LogP contribution in [0.1, 0.15) is 5.56 Å². The zero-order valence-corrected chi connectivity index (χ0v) is 10.6. The molecule has 2 nitrogen and oxygen atoms in total. The Morgan fingerprint density at radius 1 is 1.11 bits per heavy atom. The summed E-state index contributed by atoms with van der Waals surface area (Å²) in [6.07, 6.45) is 0.621. The average molecular weight is 263 g/mol. The van der Waals surface area contributed by atoms with Crippen LogP contribution in [0.3, 0.4) is 0 Å². The number of benzene rings is 2. The molecule has 0 radical (unpaired) electrons. The molecule has 0 fully saturated rings. The molecule has 1 unspecified atom stereocenters. The number of rotatable bonds is 4. The topological polar surface area (TPSA) is 43.1 Å². The zero-order valence-electron chi connectivity index (χ0n) is 9.80. The summed E-state index contributed by atoms with van der Waals surface area (Å²) in [4.78, 5) is 0.518. The van der Waals surface area contributed by atoms with Crippen LogP contribution in [0.25, 0.3) is 0 Å². The lowest BCUT2D eigenvalue weighted by Gasteiger charge is -2.05. The second-order valence-electron chi connectivity index (χ2n) is 3.96. The summed E-state index contributed by atoms with van der Waals surface area (Å²) in [6.45, 7) is 0. The molecule has 2 aromatic carbocycles. The highest BCUT2D eigenvalue weighted by atomic mass is 32.2. The standard InChI is InChI=1S/C14H14FNOS/c15-12-5-3-6-13(10-12)18(17)9-8-11-4-1-2-7-14(11)16/h1-7,10H,8-9,16H2. The van der Waals surface area contributed by atoms with Crippen molar-refractivity contribution in [1.29, 1.82) is 0 Å². The first-order valence-electron chi connectivity index (χ1n) is 5.64. The van der Waals surface area contributed by atoms with Gasteiger partial charge in [-0.2, -0.15) is 0 Å². The summed E-state index contributed by atoms with van der Waals surface area (Å²) >= 11 is 0. The summed E-state index contributed by atoms with van der Waals surface area (Å²) in [7, 11) is -1.20. The van der Waals surface area contributed by atoms with Crippen molar-refractivity contribution in [1.82, 2.24) is 0 Å². The smallest absolute Gasteiger partial charge is 0.124 e. The van der Waals surface area contributed by atoms with Gasteiger partial charge in [-0.3, -0.25) is 4.21 Å². The Morgan fingerprint density at radius 2 is 1.89 bits per heavy atom. The Bertz CT molecular complexity index is 571. The Morgan fingerprint density at radius 3 is 2.61 bits per heavy atom. The van der Waals surface area contributed by atoms with Gasteiger partial charge in [-0.1, -0.05) is 24.3 Å². The van der Waals surface area contributed by atoms with E-state index in [1.54, 1.807) is 12.1 Å². The van der Waals surface area contributed by atoms with Crippen LogP contribution in [-0.2, 0) is 17.2 Å². The van der Waals surface area contributed by atoms with Crippen LogP contribution in [-0.4, -0.2) is 9.96 Å². The maximum absolute atomic E-state index is 13.0. The molecule has 18 heavy (non-hydrogen) atoms. The van der Waals surface area contributed by atoms with E-state index in [4.69, 9.17) is 5.73 Å². The molecular weight excluding hydrogens is 249 g/mol. The molecule has 1 atom stereocenters. The minimum Gasteiger partial charge on any atom is -0.399 e. The number of hydrogen-bond donors (Lipinski definition) is 1. The zero-order chi connectivity index (χ0) is 13.0. The van der Waals surface area contributed by atoms with Crippen LogP contribution in [0.5, 0.6) is 0 Å². The van der Waals surface area contributed by atoms with Gasteiger partial charge in [-0.15, -0.1) is 0 Å². The number of para-hydroxylation sites is 1. The molecule has 0 bridgehead atoms. The maximum Gasteiger partial charge on any atom is 0.124 e.